The number of carbonyl (C=O) groups excluding carboxylic acids is 2. The van der Waals surface area contributed by atoms with Crippen molar-refractivity contribution in [3.8, 4) is 0 Å². The van der Waals surface area contributed by atoms with E-state index in [0.29, 0.717) is 35.2 Å². The van der Waals surface area contributed by atoms with Gasteiger partial charge in [0, 0.05) is 5.69 Å². The SMILES string of the molecule is CC(C)CC(N)C(=O)Nc1cc2c(cc1Cl)NC(=O)C2. The summed E-state index contributed by atoms with van der Waals surface area (Å²) in [7, 11) is 0. The van der Waals surface area contributed by atoms with E-state index in [1.165, 1.54) is 0 Å². The van der Waals surface area contributed by atoms with Crippen LogP contribution in [0.4, 0.5) is 11.4 Å². The molecule has 1 aromatic rings. The van der Waals surface area contributed by atoms with Gasteiger partial charge >= 0.3 is 0 Å². The van der Waals surface area contributed by atoms with Crippen LogP contribution >= 0.6 is 11.6 Å². The third kappa shape index (κ3) is 3.29. The van der Waals surface area contributed by atoms with Gasteiger partial charge in [-0.3, -0.25) is 9.59 Å². The molecule has 1 aliphatic rings. The van der Waals surface area contributed by atoms with Gasteiger partial charge in [0.15, 0.2) is 0 Å². The molecular formula is C14H18ClN3O2. The van der Waals surface area contributed by atoms with Gasteiger partial charge in [0.05, 0.1) is 23.2 Å². The standard InChI is InChI=1S/C14H18ClN3O2/c1-7(2)3-10(16)14(20)18-12-4-8-5-13(19)17-11(8)6-9(12)15/h4,6-7,10H,3,5,16H2,1-2H3,(H,17,19)(H,18,20). The van der Waals surface area contributed by atoms with Crippen LogP contribution in [0.1, 0.15) is 25.8 Å². The fourth-order valence-electron chi connectivity index (χ4n) is 2.18. The summed E-state index contributed by atoms with van der Waals surface area (Å²) in [6.45, 7) is 4.01. The number of hydrogen-bond donors (Lipinski definition) is 3. The summed E-state index contributed by atoms with van der Waals surface area (Å²) >= 11 is 6.10. The van der Waals surface area contributed by atoms with E-state index in [1.54, 1.807) is 12.1 Å². The molecule has 2 amide bonds. The van der Waals surface area contributed by atoms with Gasteiger partial charge in [0.1, 0.15) is 0 Å². The molecule has 0 spiro atoms. The summed E-state index contributed by atoms with van der Waals surface area (Å²) in [4.78, 5) is 23.3. The van der Waals surface area contributed by atoms with E-state index in [-0.39, 0.29) is 11.8 Å². The van der Waals surface area contributed by atoms with E-state index >= 15 is 0 Å². The molecule has 6 heteroatoms. The Morgan fingerprint density at radius 2 is 2.20 bits per heavy atom. The molecule has 0 radical (unpaired) electrons. The Kier molecular flexibility index (Phi) is 4.30. The second-order valence-corrected chi connectivity index (χ2v) is 5.85. The monoisotopic (exact) mass is 295 g/mol. The largest absolute Gasteiger partial charge is 0.325 e. The third-order valence-electron chi connectivity index (χ3n) is 3.14. The number of hydrogen-bond acceptors (Lipinski definition) is 3. The van der Waals surface area contributed by atoms with E-state index in [4.69, 9.17) is 17.3 Å². The number of rotatable bonds is 4. The van der Waals surface area contributed by atoms with Crippen molar-refractivity contribution in [2.24, 2.45) is 11.7 Å². The van der Waals surface area contributed by atoms with Crippen LogP contribution in [0, 0.1) is 5.92 Å². The van der Waals surface area contributed by atoms with Gasteiger partial charge < -0.3 is 16.4 Å². The molecule has 1 heterocycles. The first-order chi connectivity index (χ1) is 9.36. The minimum atomic E-state index is -0.570. The summed E-state index contributed by atoms with van der Waals surface area (Å²) in [5.74, 6) is 0.00180. The van der Waals surface area contributed by atoms with Crippen molar-refractivity contribution in [3.63, 3.8) is 0 Å². The van der Waals surface area contributed by atoms with Crippen molar-refractivity contribution in [2.45, 2.75) is 32.7 Å². The number of nitrogens with two attached hydrogens (primary N) is 1. The first kappa shape index (κ1) is 14.8. The van der Waals surface area contributed by atoms with E-state index < -0.39 is 6.04 Å². The summed E-state index contributed by atoms with van der Waals surface area (Å²) in [5, 5.41) is 5.82. The van der Waals surface area contributed by atoms with Crippen molar-refractivity contribution in [3.05, 3.63) is 22.7 Å². The zero-order chi connectivity index (χ0) is 14.9. The van der Waals surface area contributed by atoms with Crippen molar-refractivity contribution < 1.29 is 9.59 Å². The molecule has 1 aromatic carbocycles. The smallest absolute Gasteiger partial charge is 0.241 e. The maximum atomic E-state index is 12.0. The topological polar surface area (TPSA) is 84.2 Å². The first-order valence-electron chi connectivity index (χ1n) is 6.55. The Labute approximate surface area is 122 Å². The van der Waals surface area contributed by atoms with Gasteiger partial charge in [-0.2, -0.15) is 0 Å². The van der Waals surface area contributed by atoms with Crippen LogP contribution < -0.4 is 16.4 Å². The van der Waals surface area contributed by atoms with Crippen molar-refractivity contribution in [2.75, 3.05) is 10.6 Å². The summed E-state index contributed by atoms with van der Waals surface area (Å²) in [6.07, 6.45) is 0.905. The van der Waals surface area contributed by atoms with Crippen LogP contribution in [0.5, 0.6) is 0 Å². The third-order valence-corrected chi connectivity index (χ3v) is 3.45. The highest BCUT2D eigenvalue weighted by molar-refractivity contribution is 6.34. The molecule has 20 heavy (non-hydrogen) atoms. The predicted octanol–water partition coefficient (Wildman–Crippen LogP) is 2.15. The Morgan fingerprint density at radius 1 is 1.50 bits per heavy atom. The van der Waals surface area contributed by atoms with E-state index in [2.05, 4.69) is 10.6 Å². The first-order valence-corrected chi connectivity index (χ1v) is 6.93. The van der Waals surface area contributed by atoms with Crippen LogP contribution in [-0.2, 0) is 16.0 Å². The molecule has 0 fully saturated rings. The van der Waals surface area contributed by atoms with Gasteiger partial charge in [0.2, 0.25) is 11.8 Å². The fourth-order valence-corrected chi connectivity index (χ4v) is 2.40. The average molecular weight is 296 g/mol. The normalized spacial score (nSPS) is 14.9. The van der Waals surface area contributed by atoms with Gasteiger partial charge in [0.25, 0.3) is 0 Å². The van der Waals surface area contributed by atoms with Crippen LogP contribution in [0.2, 0.25) is 5.02 Å². The lowest BCUT2D eigenvalue weighted by molar-refractivity contribution is -0.117. The average Bonchev–Trinajstić information content (AvgIpc) is 2.67. The van der Waals surface area contributed by atoms with Crippen molar-refractivity contribution in [1.29, 1.82) is 0 Å². The Hall–Kier alpha value is -1.59. The number of fused-ring (bicyclic) bond motifs is 1. The molecule has 108 valence electrons. The van der Waals surface area contributed by atoms with Crippen molar-refractivity contribution in [1.82, 2.24) is 0 Å². The second-order valence-electron chi connectivity index (χ2n) is 5.44. The molecule has 5 nitrogen and oxygen atoms in total. The minimum Gasteiger partial charge on any atom is -0.325 e. The molecule has 4 N–H and O–H groups in total. The molecule has 0 aliphatic carbocycles. The number of benzene rings is 1. The Bertz CT molecular complexity index is 558. The fraction of sp³-hybridized carbons (Fsp3) is 0.429. The lowest BCUT2D eigenvalue weighted by atomic mass is 10.0. The zero-order valence-electron chi connectivity index (χ0n) is 11.5. The van der Waals surface area contributed by atoms with E-state index in [1.807, 2.05) is 13.8 Å². The number of nitrogens with one attached hydrogen (secondary N) is 2. The Morgan fingerprint density at radius 3 is 2.85 bits per heavy atom. The predicted molar refractivity (Wildman–Crippen MR) is 79.8 cm³/mol. The molecule has 1 aliphatic heterocycles. The molecule has 1 atom stereocenters. The van der Waals surface area contributed by atoms with Gasteiger partial charge in [-0.15, -0.1) is 0 Å². The van der Waals surface area contributed by atoms with Gasteiger partial charge in [-0.05, 0) is 30.0 Å². The molecular weight excluding hydrogens is 278 g/mol. The molecule has 0 aromatic heterocycles. The number of anilines is 2. The van der Waals surface area contributed by atoms with Crippen LogP contribution in [0.25, 0.3) is 0 Å². The van der Waals surface area contributed by atoms with E-state index in [0.717, 1.165) is 5.56 Å². The maximum absolute atomic E-state index is 12.0. The van der Waals surface area contributed by atoms with E-state index in [9.17, 15) is 9.59 Å². The molecule has 0 saturated heterocycles. The summed E-state index contributed by atoms with van der Waals surface area (Å²) in [5.41, 5.74) is 7.85. The maximum Gasteiger partial charge on any atom is 0.241 e. The van der Waals surface area contributed by atoms with Crippen LogP contribution in [0.3, 0.4) is 0 Å². The van der Waals surface area contributed by atoms with Gasteiger partial charge in [-0.1, -0.05) is 25.4 Å². The number of amides is 2. The van der Waals surface area contributed by atoms with Crippen LogP contribution in [0.15, 0.2) is 12.1 Å². The molecule has 0 bridgehead atoms. The van der Waals surface area contributed by atoms with Crippen LogP contribution in [-0.4, -0.2) is 17.9 Å². The quantitative estimate of drug-likeness (QED) is 0.796. The molecule has 2 rings (SSSR count). The minimum absolute atomic E-state index is 0.0731. The summed E-state index contributed by atoms with van der Waals surface area (Å²) < 4.78 is 0. The lowest BCUT2D eigenvalue weighted by Gasteiger charge is -2.15. The van der Waals surface area contributed by atoms with Crippen molar-refractivity contribution >= 4 is 34.8 Å². The number of halogens is 1. The molecule has 1 unspecified atom stereocenters. The highest BCUT2D eigenvalue weighted by Gasteiger charge is 2.21. The molecule has 0 saturated carbocycles. The lowest BCUT2D eigenvalue weighted by Crippen LogP contribution is -2.36. The number of carbonyl (C=O) groups is 2. The highest BCUT2D eigenvalue weighted by Crippen LogP contribution is 2.32. The second kappa shape index (κ2) is 5.81. The Balaban J connectivity index is 2.12. The highest BCUT2D eigenvalue weighted by atomic mass is 35.5. The van der Waals surface area contributed by atoms with Gasteiger partial charge in [-0.25, -0.2) is 0 Å². The zero-order valence-corrected chi connectivity index (χ0v) is 12.3. The summed E-state index contributed by atoms with van der Waals surface area (Å²) in [6, 6.07) is 2.79.